The molecule has 0 aliphatic carbocycles. The fourth-order valence-corrected chi connectivity index (χ4v) is 3.59. The van der Waals surface area contributed by atoms with Crippen molar-refractivity contribution >= 4 is 62.3 Å². The molecule has 158 valence electrons. The monoisotopic (exact) mass is 517 g/mol. The summed E-state index contributed by atoms with van der Waals surface area (Å²) in [6.45, 7) is 4.19. The molecule has 5 nitrogen and oxygen atoms in total. The first-order valence-corrected chi connectivity index (χ1v) is 11.5. The number of halogens is 3. The molecule has 2 aromatic rings. The number of benzene rings is 1. The van der Waals surface area contributed by atoms with Gasteiger partial charge in [0, 0.05) is 23.8 Å². The number of unbranched alkanes of at least 4 members (excludes halogenated alkanes) is 1. The van der Waals surface area contributed by atoms with Gasteiger partial charge in [-0.1, -0.05) is 36.2 Å². The number of aromatic nitrogens is 1. The van der Waals surface area contributed by atoms with Crippen molar-refractivity contribution in [2.24, 2.45) is 5.73 Å². The van der Waals surface area contributed by atoms with Gasteiger partial charge in [0.1, 0.15) is 12.0 Å². The van der Waals surface area contributed by atoms with E-state index in [9.17, 15) is 0 Å². The number of hydrogen-bond acceptors (Lipinski definition) is 4. The van der Waals surface area contributed by atoms with Gasteiger partial charge in [-0.25, -0.2) is 4.98 Å². The van der Waals surface area contributed by atoms with E-state index >= 15 is 0 Å². The number of nitrogens with zero attached hydrogens (tertiary/aromatic N) is 2. The maximum absolute atomic E-state index is 6.22. The van der Waals surface area contributed by atoms with Crippen molar-refractivity contribution in [3.05, 3.63) is 56.6 Å². The van der Waals surface area contributed by atoms with Gasteiger partial charge >= 0.3 is 0 Å². The summed E-state index contributed by atoms with van der Waals surface area (Å²) in [5.41, 5.74) is 6.58. The molecule has 1 aromatic heterocycles. The summed E-state index contributed by atoms with van der Waals surface area (Å²) in [7, 11) is 0. The number of hydrogen-bond donors (Lipinski definition) is 3. The van der Waals surface area contributed by atoms with Crippen LogP contribution in [-0.4, -0.2) is 29.4 Å². The Morgan fingerprint density at radius 1 is 1.24 bits per heavy atom. The zero-order chi connectivity index (χ0) is 21.2. The molecule has 1 unspecified atom stereocenters. The molecule has 0 aliphatic heterocycles. The molecule has 0 saturated carbocycles. The quantitative estimate of drug-likeness (QED) is 0.231. The molecule has 1 aromatic carbocycles. The minimum absolute atomic E-state index is 0.0485. The third-order valence-electron chi connectivity index (χ3n) is 4.32. The fraction of sp³-hybridized carbons (Fsp3) is 0.400. The number of pyridine rings is 1. The van der Waals surface area contributed by atoms with E-state index in [1.807, 2.05) is 30.3 Å². The molecule has 29 heavy (non-hydrogen) atoms. The lowest BCUT2D eigenvalue weighted by Crippen LogP contribution is -2.51. The molecule has 4 N–H and O–H groups in total. The fourth-order valence-electron chi connectivity index (χ4n) is 2.80. The van der Waals surface area contributed by atoms with E-state index < -0.39 is 0 Å². The van der Waals surface area contributed by atoms with Crippen LogP contribution in [0.2, 0.25) is 10.0 Å². The van der Waals surface area contributed by atoms with Crippen LogP contribution in [0.3, 0.4) is 0 Å². The highest BCUT2D eigenvalue weighted by atomic mass is 79.9. The van der Waals surface area contributed by atoms with E-state index in [-0.39, 0.29) is 6.17 Å². The van der Waals surface area contributed by atoms with Crippen molar-refractivity contribution in [2.75, 3.05) is 18.0 Å². The van der Waals surface area contributed by atoms with E-state index in [4.69, 9.17) is 41.2 Å². The molecule has 9 heteroatoms. The molecule has 2 rings (SSSR count). The van der Waals surface area contributed by atoms with E-state index in [2.05, 4.69) is 43.4 Å². The number of anilines is 1. The van der Waals surface area contributed by atoms with Gasteiger partial charge in [-0.2, -0.15) is 0 Å². The van der Waals surface area contributed by atoms with Gasteiger partial charge in [0.15, 0.2) is 5.11 Å². The van der Waals surface area contributed by atoms with Crippen molar-refractivity contribution in [1.29, 1.82) is 0 Å². The topological polar surface area (TPSA) is 66.2 Å². The second-order valence-electron chi connectivity index (χ2n) is 6.53. The van der Waals surface area contributed by atoms with Crippen LogP contribution in [-0.2, 0) is 6.54 Å². The highest BCUT2D eigenvalue weighted by Crippen LogP contribution is 2.25. The molecule has 0 bridgehead atoms. The molecule has 0 saturated heterocycles. The standard InChI is InChI=1S/C20H26BrCl2N5S/c1-2-18(27-20(29)25-10-4-3-9-24)28(19-8-6-15(21)12-26-19)13-14-5-7-16(22)17(23)11-14/h5-8,11-12,18H,2-4,9-10,13,24H2,1H3,(H2,25,27,29). The number of nitrogens with two attached hydrogens (primary N) is 1. The molecule has 0 spiro atoms. The Bertz CT molecular complexity index is 791. The maximum Gasteiger partial charge on any atom is 0.167 e. The number of nitrogens with one attached hydrogen (secondary N) is 2. The molecular weight excluding hydrogens is 493 g/mol. The predicted octanol–water partition coefficient (Wildman–Crippen LogP) is 5.10. The molecule has 0 fully saturated rings. The Balaban J connectivity index is 2.18. The smallest absolute Gasteiger partial charge is 0.167 e. The summed E-state index contributed by atoms with van der Waals surface area (Å²) >= 11 is 21.2. The lowest BCUT2D eigenvalue weighted by molar-refractivity contribution is 0.530. The summed E-state index contributed by atoms with van der Waals surface area (Å²) in [6.07, 6.45) is 4.51. The van der Waals surface area contributed by atoms with Gasteiger partial charge in [0.05, 0.1) is 10.0 Å². The van der Waals surface area contributed by atoms with Gasteiger partial charge in [-0.3, -0.25) is 0 Å². The summed E-state index contributed by atoms with van der Waals surface area (Å²) in [5, 5.41) is 8.34. The second-order valence-corrected chi connectivity index (χ2v) is 8.67. The van der Waals surface area contributed by atoms with Crippen molar-refractivity contribution in [2.45, 2.75) is 38.9 Å². The van der Waals surface area contributed by atoms with Gasteiger partial charge in [-0.05, 0) is 83.8 Å². The van der Waals surface area contributed by atoms with Gasteiger partial charge < -0.3 is 21.3 Å². The summed E-state index contributed by atoms with van der Waals surface area (Å²) < 4.78 is 0.925. The minimum Gasteiger partial charge on any atom is -0.363 e. The first-order valence-electron chi connectivity index (χ1n) is 9.51. The van der Waals surface area contributed by atoms with Crippen LogP contribution in [0.5, 0.6) is 0 Å². The van der Waals surface area contributed by atoms with Crippen LogP contribution in [0.1, 0.15) is 31.7 Å². The number of rotatable bonds is 10. The predicted molar refractivity (Wildman–Crippen MR) is 131 cm³/mol. The van der Waals surface area contributed by atoms with Crippen LogP contribution in [0.4, 0.5) is 5.82 Å². The van der Waals surface area contributed by atoms with Gasteiger partial charge in [0.25, 0.3) is 0 Å². The first-order chi connectivity index (χ1) is 13.9. The largest absolute Gasteiger partial charge is 0.363 e. The molecular formula is C20H26BrCl2N5S. The molecule has 0 amide bonds. The molecule has 1 atom stereocenters. The van der Waals surface area contributed by atoms with Crippen LogP contribution in [0.25, 0.3) is 0 Å². The third-order valence-corrected chi connectivity index (χ3v) is 5.79. The maximum atomic E-state index is 6.22. The molecule has 0 aliphatic rings. The van der Waals surface area contributed by atoms with Crippen molar-refractivity contribution in [3.8, 4) is 0 Å². The summed E-state index contributed by atoms with van der Waals surface area (Å²) in [5.74, 6) is 0.838. The third kappa shape index (κ3) is 7.90. The van der Waals surface area contributed by atoms with Crippen LogP contribution >= 0.6 is 51.3 Å². The number of thiocarbonyl (C=S) groups is 1. The van der Waals surface area contributed by atoms with Crippen molar-refractivity contribution in [1.82, 2.24) is 15.6 Å². The second kappa shape index (κ2) is 12.5. The average Bonchev–Trinajstić information content (AvgIpc) is 2.71. The van der Waals surface area contributed by atoms with E-state index in [0.29, 0.717) is 28.2 Å². The van der Waals surface area contributed by atoms with Gasteiger partial charge in [0.2, 0.25) is 0 Å². The zero-order valence-electron chi connectivity index (χ0n) is 16.3. The lowest BCUT2D eigenvalue weighted by atomic mass is 10.2. The average molecular weight is 519 g/mol. The normalized spacial score (nSPS) is 11.8. The summed E-state index contributed by atoms with van der Waals surface area (Å²) in [4.78, 5) is 6.75. The molecule has 1 heterocycles. The Labute approximate surface area is 196 Å². The van der Waals surface area contributed by atoms with Crippen LogP contribution < -0.4 is 21.3 Å². The Kier molecular flexibility index (Phi) is 10.4. The highest BCUT2D eigenvalue weighted by molar-refractivity contribution is 9.10. The summed E-state index contributed by atoms with van der Waals surface area (Å²) in [6, 6.07) is 9.61. The van der Waals surface area contributed by atoms with E-state index in [0.717, 1.165) is 41.7 Å². The SMILES string of the molecule is CCC(NC(=S)NCCCCN)N(Cc1ccc(Cl)c(Cl)c1)c1ccc(Br)cn1. The van der Waals surface area contributed by atoms with Crippen LogP contribution in [0.15, 0.2) is 41.0 Å². The van der Waals surface area contributed by atoms with Crippen molar-refractivity contribution < 1.29 is 0 Å². The van der Waals surface area contributed by atoms with E-state index in [1.54, 1.807) is 6.20 Å². The minimum atomic E-state index is -0.0485. The lowest BCUT2D eigenvalue weighted by Gasteiger charge is -2.34. The van der Waals surface area contributed by atoms with Gasteiger partial charge in [-0.15, -0.1) is 0 Å². The Morgan fingerprint density at radius 2 is 2.03 bits per heavy atom. The zero-order valence-corrected chi connectivity index (χ0v) is 20.2. The van der Waals surface area contributed by atoms with Crippen molar-refractivity contribution in [3.63, 3.8) is 0 Å². The first kappa shape index (κ1) is 24.2. The van der Waals surface area contributed by atoms with Crippen LogP contribution in [0, 0.1) is 0 Å². The molecule has 0 radical (unpaired) electrons. The van der Waals surface area contributed by atoms with E-state index in [1.165, 1.54) is 0 Å². The highest BCUT2D eigenvalue weighted by Gasteiger charge is 2.20. The Morgan fingerprint density at radius 3 is 2.66 bits per heavy atom. The Hall–Kier alpha value is -1.12.